The number of hydrogen-bond donors (Lipinski definition) is 0. The Kier molecular flexibility index (Phi) is 6.97. The van der Waals surface area contributed by atoms with Crippen LogP contribution in [0.25, 0.3) is 0 Å². The van der Waals surface area contributed by atoms with Gasteiger partial charge in [-0.1, -0.05) is 60.8 Å². The molecule has 3 heteroatoms. The first kappa shape index (κ1) is 24.8. The number of nitrogens with zero attached hydrogens (tertiary/aromatic N) is 3. The van der Waals surface area contributed by atoms with Crippen molar-refractivity contribution in [2.24, 2.45) is 52.3 Å². The van der Waals surface area contributed by atoms with Gasteiger partial charge in [-0.15, -0.1) is 0 Å². The van der Waals surface area contributed by atoms with Crippen molar-refractivity contribution in [3.05, 3.63) is 11.6 Å². The number of hydrogen-bond acceptors (Lipinski definition) is 2. The monoisotopic (exact) mass is 467 g/mol. The largest absolute Gasteiger partial charge is 0.250 e. The zero-order valence-corrected chi connectivity index (χ0v) is 23.3. The van der Waals surface area contributed by atoms with Gasteiger partial charge in [0.25, 0.3) is 0 Å². The molecule has 3 nitrogen and oxygen atoms in total. The summed E-state index contributed by atoms with van der Waals surface area (Å²) in [5.74, 6) is 8.82. The molecule has 192 valence electrons. The lowest BCUT2D eigenvalue weighted by Crippen LogP contribution is -2.52. The van der Waals surface area contributed by atoms with Gasteiger partial charge in [-0.25, -0.2) is 9.67 Å². The molecule has 0 spiro atoms. The zero-order valence-electron chi connectivity index (χ0n) is 23.3. The number of rotatable bonds is 7. The lowest BCUT2D eigenvalue weighted by atomic mass is 9.46. The normalized spacial score (nSPS) is 40.3. The molecular formula is C31H53N3. The van der Waals surface area contributed by atoms with Crippen LogP contribution in [0.3, 0.4) is 0 Å². The van der Waals surface area contributed by atoms with Crippen LogP contribution in [0, 0.1) is 52.3 Å². The van der Waals surface area contributed by atoms with Gasteiger partial charge in [-0.05, 0) is 104 Å². The van der Waals surface area contributed by atoms with E-state index in [0.717, 1.165) is 66.6 Å². The second kappa shape index (κ2) is 9.55. The molecule has 0 unspecified atom stereocenters. The molecule has 0 radical (unpaired) electrons. The van der Waals surface area contributed by atoms with Gasteiger partial charge in [0.2, 0.25) is 0 Å². The van der Waals surface area contributed by atoms with E-state index in [-0.39, 0.29) is 0 Å². The predicted octanol–water partition coefficient (Wildman–Crippen LogP) is 8.11. The quantitative estimate of drug-likeness (QED) is 0.405. The molecule has 4 aliphatic rings. The topological polar surface area (TPSA) is 30.7 Å². The first-order valence-electron chi connectivity index (χ1n) is 15.2. The van der Waals surface area contributed by atoms with Crippen LogP contribution in [0.4, 0.5) is 0 Å². The fourth-order valence-corrected chi connectivity index (χ4v) is 9.94. The first-order valence-corrected chi connectivity index (χ1v) is 15.2. The third-order valence-electron chi connectivity index (χ3n) is 11.8. The van der Waals surface area contributed by atoms with Gasteiger partial charge in [-0.2, -0.15) is 5.10 Å². The summed E-state index contributed by atoms with van der Waals surface area (Å²) in [5.41, 5.74) is 1.09. The van der Waals surface area contributed by atoms with Crippen molar-refractivity contribution >= 4 is 0 Å². The van der Waals surface area contributed by atoms with Crippen molar-refractivity contribution in [3.63, 3.8) is 0 Å². The van der Waals surface area contributed by atoms with Crippen molar-refractivity contribution in [1.82, 2.24) is 14.8 Å². The van der Waals surface area contributed by atoms with E-state index in [2.05, 4.69) is 46.2 Å². The Morgan fingerprint density at radius 1 is 0.941 bits per heavy atom. The standard InChI is InChI=1S/C31H53N3/c1-7-9-28-32-29-20-23-12-13-24-26-15-14-25(22(4)11-8-10-21(2)3)31(26,6)17-16-27(24)30(23,5)18-19-34(29)33-28/h21-27H,7-20H2,1-6H3/t22-,23+,24+,25-,26+,27+,30+,31-/m1/s1. The maximum atomic E-state index is 5.01. The summed E-state index contributed by atoms with van der Waals surface area (Å²) in [5, 5.41) is 4.93. The Balaban J connectivity index is 1.30. The predicted molar refractivity (Wildman–Crippen MR) is 142 cm³/mol. The average molecular weight is 468 g/mol. The summed E-state index contributed by atoms with van der Waals surface area (Å²) in [6.45, 7) is 16.1. The molecule has 2 heterocycles. The van der Waals surface area contributed by atoms with Crippen LogP contribution >= 0.6 is 0 Å². The number of fused-ring (bicyclic) bond motifs is 6. The fourth-order valence-electron chi connectivity index (χ4n) is 9.94. The van der Waals surface area contributed by atoms with Gasteiger partial charge in [-0.3, -0.25) is 0 Å². The van der Waals surface area contributed by atoms with Crippen LogP contribution in [-0.4, -0.2) is 14.8 Å². The molecule has 0 saturated heterocycles. The molecule has 8 atom stereocenters. The molecule has 5 rings (SSSR count). The summed E-state index contributed by atoms with van der Waals surface area (Å²) in [7, 11) is 0. The van der Waals surface area contributed by atoms with Gasteiger partial charge in [0.1, 0.15) is 5.82 Å². The maximum Gasteiger partial charge on any atom is 0.150 e. The van der Waals surface area contributed by atoms with Crippen LogP contribution in [0.2, 0.25) is 0 Å². The molecule has 0 bridgehead atoms. The Morgan fingerprint density at radius 3 is 2.50 bits per heavy atom. The molecule has 0 amide bonds. The Bertz CT molecular complexity index is 842. The van der Waals surface area contributed by atoms with Crippen molar-refractivity contribution < 1.29 is 0 Å². The molecule has 3 aliphatic carbocycles. The molecule has 3 saturated carbocycles. The molecule has 3 fully saturated rings. The van der Waals surface area contributed by atoms with E-state index in [1.165, 1.54) is 76.5 Å². The Labute approximate surface area is 210 Å². The summed E-state index contributed by atoms with van der Waals surface area (Å²) >= 11 is 0. The molecule has 1 aliphatic heterocycles. The average Bonchev–Trinajstić information content (AvgIpc) is 3.30. The molecule has 34 heavy (non-hydrogen) atoms. The van der Waals surface area contributed by atoms with E-state index in [0.29, 0.717) is 10.8 Å². The molecule has 0 aromatic carbocycles. The Hall–Kier alpha value is -0.860. The van der Waals surface area contributed by atoms with Crippen molar-refractivity contribution in [3.8, 4) is 0 Å². The third-order valence-corrected chi connectivity index (χ3v) is 11.8. The van der Waals surface area contributed by atoms with Gasteiger partial charge in [0.15, 0.2) is 5.82 Å². The third kappa shape index (κ3) is 4.19. The van der Waals surface area contributed by atoms with Crippen molar-refractivity contribution in [2.45, 2.75) is 132 Å². The summed E-state index contributed by atoms with van der Waals surface area (Å²) in [4.78, 5) is 5.01. The highest BCUT2D eigenvalue weighted by Gasteiger charge is 2.60. The van der Waals surface area contributed by atoms with E-state index in [1.54, 1.807) is 0 Å². The van der Waals surface area contributed by atoms with Crippen LogP contribution in [0.5, 0.6) is 0 Å². The highest BCUT2D eigenvalue weighted by Crippen LogP contribution is 2.67. The van der Waals surface area contributed by atoms with E-state index < -0.39 is 0 Å². The van der Waals surface area contributed by atoms with Crippen LogP contribution < -0.4 is 0 Å². The smallest absolute Gasteiger partial charge is 0.150 e. The van der Waals surface area contributed by atoms with Crippen LogP contribution in [0.15, 0.2) is 0 Å². The summed E-state index contributed by atoms with van der Waals surface area (Å²) < 4.78 is 2.31. The minimum Gasteiger partial charge on any atom is -0.250 e. The second-order valence-electron chi connectivity index (χ2n) is 14.1. The molecule has 1 aromatic heterocycles. The van der Waals surface area contributed by atoms with E-state index in [4.69, 9.17) is 10.1 Å². The van der Waals surface area contributed by atoms with Crippen molar-refractivity contribution in [2.75, 3.05) is 0 Å². The lowest BCUT2D eigenvalue weighted by Gasteiger charge is -2.59. The Morgan fingerprint density at radius 2 is 1.74 bits per heavy atom. The minimum absolute atomic E-state index is 0.485. The van der Waals surface area contributed by atoms with E-state index >= 15 is 0 Å². The van der Waals surface area contributed by atoms with Gasteiger partial charge >= 0.3 is 0 Å². The highest BCUT2D eigenvalue weighted by atomic mass is 15.3. The SMILES string of the molecule is CCCc1nc2n(n1)CC[C@@]1(C)[C@@H](CC[C@@H]3[C@@H]1CC[C@]1(C)[C@@H]([C@H](C)CCCC(C)C)CC[C@@H]31)C2. The summed E-state index contributed by atoms with van der Waals surface area (Å²) in [6.07, 6.45) is 17.9. The second-order valence-corrected chi connectivity index (χ2v) is 14.1. The molecular weight excluding hydrogens is 414 g/mol. The van der Waals surface area contributed by atoms with Crippen LogP contribution in [-0.2, 0) is 19.4 Å². The van der Waals surface area contributed by atoms with Crippen molar-refractivity contribution in [1.29, 1.82) is 0 Å². The molecule has 1 aromatic rings. The van der Waals surface area contributed by atoms with Gasteiger partial charge in [0.05, 0.1) is 0 Å². The summed E-state index contributed by atoms with van der Waals surface area (Å²) in [6, 6.07) is 0. The fraction of sp³-hybridized carbons (Fsp3) is 0.935. The highest BCUT2D eigenvalue weighted by molar-refractivity contribution is 5.11. The van der Waals surface area contributed by atoms with E-state index in [9.17, 15) is 0 Å². The number of aromatic nitrogens is 3. The maximum absolute atomic E-state index is 5.01. The lowest BCUT2D eigenvalue weighted by molar-refractivity contribution is -0.103. The van der Waals surface area contributed by atoms with E-state index in [1.807, 2.05) is 0 Å². The first-order chi connectivity index (χ1) is 16.3. The van der Waals surface area contributed by atoms with Gasteiger partial charge < -0.3 is 0 Å². The minimum atomic E-state index is 0.485. The number of aryl methyl sites for hydroxylation is 2. The zero-order chi connectivity index (χ0) is 24.1. The molecule has 0 N–H and O–H groups in total. The van der Waals surface area contributed by atoms with Gasteiger partial charge in [0, 0.05) is 19.4 Å². The van der Waals surface area contributed by atoms with Crippen LogP contribution in [0.1, 0.15) is 124 Å².